The van der Waals surface area contributed by atoms with Crippen molar-refractivity contribution in [1.29, 1.82) is 0 Å². The van der Waals surface area contributed by atoms with Crippen LogP contribution in [0.4, 0.5) is 0 Å². The van der Waals surface area contributed by atoms with Crippen molar-refractivity contribution in [2.24, 2.45) is 17.6 Å². The van der Waals surface area contributed by atoms with Gasteiger partial charge in [-0.3, -0.25) is 0 Å². The highest BCUT2D eigenvalue weighted by Crippen LogP contribution is 2.21. The lowest BCUT2D eigenvalue weighted by Gasteiger charge is -2.26. The summed E-state index contributed by atoms with van der Waals surface area (Å²) in [6.45, 7) is 13.9. The maximum absolute atomic E-state index is 5.82. The molecule has 0 spiro atoms. The molecule has 0 bridgehead atoms. The maximum atomic E-state index is 5.82. The minimum absolute atomic E-state index is 0.337. The van der Waals surface area contributed by atoms with Crippen LogP contribution in [0.1, 0.15) is 32.6 Å². The molecule has 0 aromatic carbocycles. The molecule has 0 amide bonds. The lowest BCUT2D eigenvalue weighted by Crippen LogP contribution is -2.28. The molecular formula is C16H29NO2. The fraction of sp³-hybridized carbons (Fsp3) is 0.750. The minimum atomic E-state index is 0.337. The van der Waals surface area contributed by atoms with Gasteiger partial charge in [0.05, 0.1) is 26.4 Å². The van der Waals surface area contributed by atoms with Gasteiger partial charge in [-0.2, -0.15) is 0 Å². The molecule has 0 saturated carbocycles. The largest absolute Gasteiger partial charge is 0.380 e. The highest BCUT2D eigenvalue weighted by molar-refractivity contribution is 5.01. The summed E-state index contributed by atoms with van der Waals surface area (Å²) in [6.07, 6.45) is 4.20. The molecule has 0 aromatic rings. The van der Waals surface area contributed by atoms with Gasteiger partial charge in [0, 0.05) is 11.8 Å². The predicted octanol–water partition coefficient (Wildman–Crippen LogP) is 2.92. The summed E-state index contributed by atoms with van der Waals surface area (Å²) < 4.78 is 11.6. The van der Waals surface area contributed by atoms with Crippen LogP contribution < -0.4 is 5.73 Å². The third-order valence-corrected chi connectivity index (χ3v) is 3.51. The van der Waals surface area contributed by atoms with E-state index in [1.807, 2.05) is 0 Å². The van der Waals surface area contributed by atoms with Crippen molar-refractivity contribution in [1.82, 2.24) is 0 Å². The van der Waals surface area contributed by atoms with Gasteiger partial charge in [0.25, 0.3) is 0 Å². The molecular weight excluding hydrogens is 238 g/mol. The molecule has 0 atom stereocenters. The predicted molar refractivity (Wildman–Crippen MR) is 80.1 cm³/mol. The van der Waals surface area contributed by atoms with Gasteiger partial charge < -0.3 is 15.2 Å². The highest BCUT2D eigenvalue weighted by Gasteiger charge is 2.19. The average molecular weight is 267 g/mol. The topological polar surface area (TPSA) is 44.5 Å². The molecule has 1 aliphatic rings. The second-order valence-corrected chi connectivity index (χ2v) is 5.70. The van der Waals surface area contributed by atoms with E-state index in [-0.39, 0.29) is 0 Å². The molecule has 1 saturated heterocycles. The number of nitrogens with two attached hydrogens (primary N) is 1. The van der Waals surface area contributed by atoms with E-state index in [4.69, 9.17) is 15.2 Å². The maximum Gasteiger partial charge on any atom is 0.0553 e. The summed E-state index contributed by atoms with van der Waals surface area (Å²) in [5.74, 6) is 0.785. The Morgan fingerprint density at radius 3 is 2.26 bits per heavy atom. The van der Waals surface area contributed by atoms with Gasteiger partial charge in [-0.25, -0.2) is 0 Å². The van der Waals surface area contributed by atoms with E-state index in [1.54, 1.807) is 0 Å². The van der Waals surface area contributed by atoms with Crippen molar-refractivity contribution in [2.75, 3.05) is 33.0 Å². The van der Waals surface area contributed by atoms with Crippen molar-refractivity contribution in [3.05, 3.63) is 24.3 Å². The first-order valence-corrected chi connectivity index (χ1v) is 7.31. The average Bonchev–Trinajstić information content (AvgIpc) is 2.32. The van der Waals surface area contributed by atoms with Crippen molar-refractivity contribution >= 4 is 0 Å². The first-order chi connectivity index (χ1) is 9.13. The molecule has 1 rings (SSSR count). The molecule has 110 valence electrons. The van der Waals surface area contributed by atoms with Gasteiger partial charge in [-0.05, 0) is 39.2 Å². The molecule has 3 heteroatoms. The van der Waals surface area contributed by atoms with Crippen molar-refractivity contribution in [3.63, 3.8) is 0 Å². The van der Waals surface area contributed by atoms with Crippen LogP contribution in [0.2, 0.25) is 0 Å². The van der Waals surface area contributed by atoms with Gasteiger partial charge in [0.15, 0.2) is 0 Å². The van der Waals surface area contributed by atoms with E-state index in [9.17, 15) is 0 Å². The van der Waals surface area contributed by atoms with Crippen LogP contribution in [-0.2, 0) is 9.47 Å². The summed E-state index contributed by atoms with van der Waals surface area (Å²) in [4.78, 5) is 0. The third-order valence-electron chi connectivity index (χ3n) is 3.51. The molecule has 1 fully saturated rings. The fourth-order valence-electron chi connectivity index (χ4n) is 2.40. The Morgan fingerprint density at radius 2 is 1.74 bits per heavy atom. The first-order valence-electron chi connectivity index (χ1n) is 7.31. The monoisotopic (exact) mass is 267 g/mol. The van der Waals surface area contributed by atoms with E-state index in [0.29, 0.717) is 11.8 Å². The Kier molecular flexibility index (Phi) is 8.03. The van der Waals surface area contributed by atoms with E-state index in [1.165, 1.54) is 11.1 Å². The van der Waals surface area contributed by atoms with Crippen molar-refractivity contribution in [3.8, 4) is 0 Å². The number of ether oxygens (including phenoxy) is 2. The lowest BCUT2D eigenvalue weighted by atomic mass is 9.96. The zero-order chi connectivity index (χ0) is 14.1. The first kappa shape index (κ1) is 16.4. The number of rotatable bonds is 7. The normalized spacial score (nSPS) is 24.5. The summed E-state index contributed by atoms with van der Waals surface area (Å²) >= 11 is 0. The summed E-state index contributed by atoms with van der Waals surface area (Å²) in [5.41, 5.74) is 7.94. The molecule has 19 heavy (non-hydrogen) atoms. The van der Waals surface area contributed by atoms with Crippen molar-refractivity contribution < 1.29 is 9.47 Å². The number of allylic oxidation sites excluding steroid dienone is 1. The van der Waals surface area contributed by atoms with Crippen LogP contribution in [-0.4, -0.2) is 33.0 Å². The van der Waals surface area contributed by atoms with Gasteiger partial charge in [-0.1, -0.05) is 17.7 Å². The smallest absolute Gasteiger partial charge is 0.0553 e. The summed E-state index contributed by atoms with van der Waals surface area (Å²) in [5, 5.41) is 0. The molecule has 0 unspecified atom stereocenters. The molecule has 1 aliphatic heterocycles. The van der Waals surface area contributed by atoms with E-state index >= 15 is 0 Å². The number of hydrogen-bond donors (Lipinski definition) is 1. The van der Waals surface area contributed by atoms with E-state index < -0.39 is 0 Å². The molecule has 0 radical (unpaired) electrons. The van der Waals surface area contributed by atoms with Crippen LogP contribution >= 0.6 is 0 Å². The molecule has 3 nitrogen and oxygen atoms in total. The second-order valence-electron chi connectivity index (χ2n) is 5.70. The Labute approximate surface area is 117 Å². The minimum Gasteiger partial charge on any atom is -0.380 e. The van der Waals surface area contributed by atoms with E-state index in [0.717, 1.165) is 58.7 Å². The van der Waals surface area contributed by atoms with Crippen LogP contribution in [0.25, 0.3) is 0 Å². The fourth-order valence-corrected chi connectivity index (χ4v) is 2.40. The van der Waals surface area contributed by atoms with Gasteiger partial charge in [0.1, 0.15) is 0 Å². The lowest BCUT2D eigenvalue weighted by molar-refractivity contribution is -0.0230. The second kappa shape index (κ2) is 9.29. The van der Waals surface area contributed by atoms with Gasteiger partial charge in [0.2, 0.25) is 0 Å². The number of unbranched alkanes of at least 4 members (excludes halogenated alkanes) is 1. The van der Waals surface area contributed by atoms with Crippen LogP contribution in [0.15, 0.2) is 24.3 Å². The van der Waals surface area contributed by atoms with Gasteiger partial charge in [-0.15, -0.1) is 6.58 Å². The Balaban J connectivity index is 2.29. The van der Waals surface area contributed by atoms with Crippen molar-refractivity contribution in [2.45, 2.75) is 32.6 Å². The summed E-state index contributed by atoms with van der Waals surface area (Å²) in [7, 11) is 0. The zero-order valence-corrected chi connectivity index (χ0v) is 12.3. The molecule has 0 aliphatic carbocycles. The number of hydrogen-bond acceptors (Lipinski definition) is 3. The van der Waals surface area contributed by atoms with Crippen LogP contribution in [0, 0.1) is 11.8 Å². The third kappa shape index (κ3) is 6.90. The highest BCUT2D eigenvalue weighted by atomic mass is 16.5. The zero-order valence-electron chi connectivity index (χ0n) is 12.3. The SMILES string of the molecule is C=C(C)CC1COCC(C(=C)CCCCN)COC1. The molecule has 2 N–H and O–H groups in total. The molecule has 1 heterocycles. The quantitative estimate of drug-likeness (QED) is 0.570. The van der Waals surface area contributed by atoms with Crippen LogP contribution in [0.5, 0.6) is 0 Å². The Morgan fingerprint density at radius 1 is 1.11 bits per heavy atom. The molecule has 0 aromatic heterocycles. The van der Waals surface area contributed by atoms with Crippen LogP contribution in [0.3, 0.4) is 0 Å². The Bertz CT molecular complexity index is 278. The standard InChI is InChI=1S/C16H29NO2/c1-13(2)8-15-9-18-11-16(12-19-10-15)14(3)6-4-5-7-17/h15-16H,1,3-12,17H2,2H3. The van der Waals surface area contributed by atoms with E-state index in [2.05, 4.69) is 20.1 Å². The van der Waals surface area contributed by atoms with Gasteiger partial charge >= 0.3 is 0 Å². The summed E-state index contributed by atoms with van der Waals surface area (Å²) in [6, 6.07) is 0. The Hall–Kier alpha value is -0.640.